The van der Waals surface area contributed by atoms with Crippen molar-refractivity contribution in [3.8, 4) is 0 Å². The first kappa shape index (κ1) is 22.3. The Morgan fingerprint density at radius 3 is 1.28 bits per heavy atom. The maximum atomic E-state index is 13.9. The Bertz CT molecular complexity index is 1290. The highest BCUT2D eigenvalue weighted by molar-refractivity contribution is 5.96. The van der Waals surface area contributed by atoms with E-state index in [0.29, 0.717) is 24.2 Å². The van der Waals surface area contributed by atoms with Gasteiger partial charge in [-0.15, -0.1) is 0 Å². The predicted octanol–water partition coefficient (Wildman–Crippen LogP) is 5.87. The summed E-state index contributed by atoms with van der Waals surface area (Å²) in [6.45, 7) is 1.23. The Hall–Kier alpha value is -4.18. The molecule has 0 aliphatic carbocycles. The van der Waals surface area contributed by atoms with E-state index in [1.165, 1.54) is 11.1 Å². The van der Waals surface area contributed by atoms with Crippen LogP contribution in [-0.4, -0.2) is 34.7 Å². The molecule has 0 unspecified atom stereocenters. The molecule has 2 atom stereocenters. The second-order valence-corrected chi connectivity index (χ2v) is 9.52. The molecule has 2 heterocycles. The molecule has 0 saturated carbocycles. The van der Waals surface area contributed by atoms with E-state index in [2.05, 4.69) is 36.4 Å². The zero-order chi connectivity index (χ0) is 24.5. The molecule has 178 valence electrons. The van der Waals surface area contributed by atoms with E-state index in [-0.39, 0.29) is 23.9 Å². The second kappa shape index (κ2) is 9.46. The van der Waals surface area contributed by atoms with E-state index in [0.717, 1.165) is 24.0 Å². The maximum Gasteiger partial charge on any atom is 0.254 e. The van der Waals surface area contributed by atoms with Crippen LogP contribution in [0.3, 0.4) is 0 Å². The van der Waals surface area contributed by atoms with Gasteiger partial charge in [-0.3, -0.25) is 9.59 Å². The number of nitrogens with zero attached hydrogens (tertiary/aromatic N) is 2. The third-order valence-corrected chi connectivity index (χ3v) is 7.53. The van der Waals surface area contributed by atoms with Crippen molar-refractivity contribution in [2.75, 3.05) is 13.1 Å². The third-order valence-electron chi connectivity index (χ3n) is 7.53. The lowest BCUT2D eigenvalue weighted by Crippen LogP contribution is -2.50. The van der Waals surface area contributed by atoms with Gasteiger partial charge in [0.1, 0.15) is 0 Å². The zero-order valence-electron chi connectivity index (χ0n) is 20.1. The van der Waals surface area contributed by atoms with Crippen molar-refractivity contribution in [1.29, 1.82) is 0 Å². The summed E-state index contributed by atoms with van der Waals surface area (Å²) < 4.78 is 0. The standard InChI is InChI=1S/C32H28N2O2/c35-31(25-13-3-1-4-14-25)33-21-19-23-11-7-9-17-27(23)29(33)30-28-18-10-8-12-24(28)20-22-34(30)32(36)26-15-5-2-6-16-26/h1-18,29-30H,19-22H2/t29-,30-/m1/s1. The Balaban J connectivity index is 1.52. The molecule has 0 saturated heterocycles. The topological polar surface area (TPSA) is 40.6 Å². The third kappa shape index (κ3) is 3.89. The average molecular weight is 473 g/mol. The molecule has 6 rings (SSSR count). The highest BCUT2D eigenvalue weighted by atomic mass is 16.2. The second-order valence-electron chi connectivity index (χ2n) is 9.52. The molecule has 4 nitrogen and oxygen atoms in total. The molecular weight excluding hydrogens is 444 g/mol. The van der Waals surface area contributed by atoms with Gasteiger partial charge in [-0.2, -0.15) is 0 Å². The molecule has 4 aromatic rings. The summed E-state index contributed by atoms with van der Waals surface area (Å²) in [5.74, 6) is 0.00976. The first-order valence-electron chi connectivity index (χ1n) is 12.6. The van der Waals surface area contributed by atoms with Crippen molar-refractivity contribution in [3.05, 3.63) is 143 Å². The Kier molecular flexibility index (Phi) is 5.86. The average Bonchev–Trinajstić information content (AvgIpc) is 2.96. The monoisotopic (exact) mass is 472 g/mol. The van der Waals surface area contributed by atoms with Crippen LogP contribution in [0.25, 0.3) is 0 Å². The van der Waals surface area contributed by atoms with Crippen LogP contribution >= 0.6 is 0 Å². The van der Waals surface area contributed by atoms with Crippen LogP contribution in [0.15, 0.2) is 109 Å². The number of hydrogen-bond donors (Lipinski definition) is 0. The molecule has 4 heteroatoms. The van der Waals surface area contributed by atoms with Crippen LogP contribution in [0, 0.1) is 0 Å². The molecule has 0 bridgehead atoms. The van der Waals surface area contributed by atoms with Crippen molar-refractivity contribution < 1.29 is 9.59 Å². The lowest BCUT2D eigenvalue weighted by molar-refractivity contribution is 0.0349. The summed E-state index contributed by atoms with van der Waals surface area (Å²) >= 11 is 0. The van der Waals surface area contributed by atoms with Crippen molar-refractivity contribution in [2.45, 2.75) is 24.9 Å². The van der Waals surface area contributed by atoms with Gasteiger partial charge in [-0.05, 0) is 59.4 Å². The molecule has 0 aromatic heterocycles. The lowest BCUT2D eigenvalue weighted by atomic mass is 9.80. The molecule has 36 heavy (non-hydrogen) atoms. The minimum Gasteiger partial charge on any atom is -0.329 e. The van der Waals surface area contributed by atoms with E-state index in [4.69, 9.17) is 0 Å². The Morgan fingerprint density at radius 2 is 0.861 bits per heavy atom. The molecule has 2 aliphatic heterocycles. The predicted molar refractivity (Wildman–Crippen MR) is 141 cm³/mol. The van der Waals surface area contributed by atoms with E-state index in [1.807, 2.05) is 82.6 Å². The number of hydrogen-bond acceptors (Lipinski definition) is 2. The molecule has 4 aromatic carbocycles. The molecule has 0 radical (unpaired) electrons. The summed E-state index contributed by atoms with van der Waals surface area (Å²) in [5, 5.41) is 0. The summed E-state index contributed by atoms with van der Waals surface area (Å²) in [6, 6.07) is 35.2. The van der Waals surface area contributed by atoms with Crippen LogP contribution in [-0.2, 0) is 12.8 Å². The van der Waals surface area contributed by atoms with Crippen LogP contribution in [0.4, 0.5) is 0 Å². The first-order valence-corrected chi connectivity index (χ1v) is 12.6. The molecule has 0 N–H and O–H groups in total. The fourth-order valence-electron chi connectivity index (χ4n) is 5.83. The van der Waals surface area contributed by atoms with Crippen LogP contribution in [0.5, 0.6) is 0 Å². The Morgan fingerprint density at radius 1 is 0.500 bits per heavy atom. The summed E-state index contributed by atoms with van der Waals surface area (Å²) in [4.78, 5) is 31.9. The molecule has 0 fully saturated rings. The van der Waals surface area contributed by atoms with Crippen molar-refractivity contribution >= 4 is 11.8 Å². The molecule has 0 spiro atoms. The first-order chi connectivity index (χ1) is 17.7. The van der Waals surface area contributed by atoms with E-state index < -0.39 is 0 Å². The smallest absolute Gasteiger partial charge is 0.254 e. The van der Waals surface area contributed by atoms with Gasteiger partial charge >= 0.3 is 0 Å². The van der Waals surface area contributed by atoms with Crippen molar-refractivity contribution in [2.24, 2.45) is 0 Å². The maximum absolute atomic E-state index is 13.9. The Labute approximate surface area is 211 Å². The van der Waals surface area contributed by atoms with Crippen molar-refractivity contribution in [3.63, 3.8) is 0 Å². The van der Waals surface area contributed by atoms with E-state index in [9.17, 15) is 9.59 Å². The highest BCUT2D eigenvalue weighted by Gasteiger charge is 2.43. The fourth-order valence-corrected chi connectivity index (χ4v) is 5.83. The normalized spacial score (nSPS) is 18.8. The van der Waals surface area contributed by atoms with Gasteiger partial charge in [0.25, 0.3) is 11.8 Å². The van der Waals surface area contributed by atoms with Gasteiger partial charge in [0.05, 0.1) is 12.1 Å². The van der Waals surface area contributed by atoms with E-state index >= 15 is 0 Å². The minimum absolute atomic E-state index is 0.00488. The van der Waals surface area contributed by atoms with Crippen LogP contribution < -0.4 is 0 Å². The number of benzene rings is 4. The van der Waals surface area contributed by atoms with E-state index in [1.54, 1.807) is 0 Å². The fraction of sp³-hybridized carbons (Fsp3) is 0.188. The van der Waals surface area contributed by atoms with Crippen molar-refractivity contribution in [1.82, 2.24) is 9.80 Å². The number of carbonyl (C=O) groups excluding carboxylic acids is 2. The number of fused-ring (bicyclic) bond motifs is 2. The SMILES string of the molecule is O=C(c1ccccc1)N1CCc2ccccc2[C@@H]1[C@H]1c2ccccc2CCN1C(=O)c1ccccc1. The van der Waals surface area contributed by atoms with Gasteiger partial charge in [-0.25, -0.2) is 0 Å². The number of amides is 2. The quantitative estimate of drug-likeness (QED) is 0.374. The van der Waals surface area contributed by atoms with Gasteiger partial charge in [0, 0.05) is 24.2 Å². The largest absolute Gasteiger partial charge is 0.329 e. The number of rotatable bonds is 3. The van der Waals surface area contributed by atoms with Gasteiger partial charge in [-0.1, -0.05) is 84.9 Å². The highest BCUT2D eigenvalue weighted by Crippen LogP contribution is 2.46. The minimum atomic E-state index is -0.281. The lowest BCUT2D eigenvalue weighted by Gasteiger charge is -2.48. The zero-order valence-corrected chi connectivity index (χ0v) is 20.1. The molecule has 2 amide bonds. The van der Waals surface area contributed by atoms with Gasteiger partial charge < -0.3 is 9.80 Å². The van der Waals surface area contributed by atoms with Gasteiger partial charge in [0.15, 0.2) is 0 Å². The summed E-state index contributed by atoms with van der Waals surface area (Å²) in [6.07, 6.45) is 1.60. The van der Waals surface area contributed by atoms with Crippen LogP contribution in [0.1, 0.15) is 55.1 Å². The molecular formula is C32H28N2O2. The van der Waals surface area contributed by atoms with Gasteiger partial charge in [0.2, 0.25) is 0 Å². The van der Waals surface area contributed by atoms with Crippen LogP contribution in [0.2, 0.25) is 0 Å². The number of carbonyl (C=O) groups is 2. The summed E-state index contributed by atoms with van der Waals surface area (Å²) in [7, 11) is 0. The summed E-state index contributed by atoms with van der Waals surface area (Å²) in [5.41, 5.74) is 6.09. The molecule has 2 aliphatic rings.